The van der Waals surface area contributed by atoms with Crippen LogP contribution in [0.3, 0.4) is 0 Å². The van der Waals surface area contributed by atoms with Crippen molar-refractivity contribution in [1.29, 1.82) is 0 Å². The molecule has 0 bridgehead atoms. The molecule has 4 heteroatoms. The van der Waals surface area contributed by atoms with Gasteiger partial charge in [0.15, 0.2) is 0 Å². The zero-order valence-electron chi connectivity index (χ0n) is 11.2. The molecule has 0 aromatic heterocycles. The average Bonchev–Trinajstić information content (AvgIpc) is 3.02. The highest BCUT2D eigenvalue weighted by atomic mass is 16.2. The highest BCUT2D eigenvalue weighted by molar-refractivity contribution is 5.82. The zero-order chi connectivity index (χ0) is 12.4. The van der Waals surface area contributed by atoms with Crippen LogP contribution in [-0.2, 0) is 4.79 Å². The number of carbonyl (C=O) groups excluding carboxylic acids is 1. The summed E-state index contributed by atoms with van der Waals surface area (Å²) in [4.78, 5) is 14.6. The standard InChI is InChI=1S/C14H25N3O/c18-14(13-2-1-7-15-13)16-12-5-8-17(9-6-12)10-11-3-4-11/h11-13,15H,1-10H2,(H,16,18)/t13-/m0/s1. The Labute approximate surface area is 109 Å². The van der Waals surface area contributed by atoms with Gasteiger partial charge in [-0.1, -0.05) is 0 Å². The van der Waals surface area contributed by atoms with Crippen LogP contribution in [-0.4, -0.2) is 49.1 Å². The van der Waals surface area contributed by atoms with Crippen LogP contribution in [0.5, 0.6) is 0 Å². The minimum atomic E-state index is 0.0782. The van der Waals surface area contributed by atoms with Crippen molar-refractivity contribution < 1.29 is 4.79 Å². The zero-order valence-corrected chi connectivity index (χ0v) is 11.2. The summed E-state index contributed by atoms with van der Waals surface area (Å²) in [5.41, 5.74) is 0. The summed E-state index contributed by atoms with van der Waals surface area (Å²) < 4.78 is 0. The molecule has 3 rings (SSSR count). The molecule has 0 aromatic rings. The molecule has 2 aliphatic heterocycles. The smallest absolute Gasteiger partial charge is 0.237 e. The van der Waals surface area contributed by atoms with Crippen molar-refractivity contribution in [2.24, 2.45) is 5.92 Å². The molecule has 0 aromatic carbocycles. The first-order valence-electron chi connectivity index (χ1n) is 7.57. The third-order valence-electron chi connectivity index (χ3n) is 4.52. The van der Waals surface area contributed by atoms with E-state index in [-0.39, 0.29) is 11.9 Å². The van der Waals surface area contributed by atoms with Gasteiger partial charge in [0.1, 0.15) is 0 Å². The largest absolute Gasteiger partial charge is 0.352 e. The summed E-state index contributed by atoms with van der Waals surface area (Å²) in [6.45, 7) is 4.63. The molecule has 4 nitrogen and oxygen atoms in total. The van der Waals surface area contributed by atoms with Crippen molar-refractivity contribution >= 4 is 5.91 Å². The quantitative estimate of drug-likeness (QED) is 0.774. The number of amides is 1. The molecule has 18 heavy (non-hydrogen) atoms. The molecule has 3 fully saturated rings. The number of rotatable bonds is 4. The van der Waals surface area contributed by atoms with E-state index in [1.807, 2.05) is 0 Å². The second kappa shape index (κ2) is 5.57. The maximum atomic E-state index is 12.0. The lowest BCUT2D eigenvalue weighted by Crippen LogP contribution is -2.49. The molecule has 1 aliphatic carbocycles. The second-order valence-electron chi connectivity index (χ2n) is 6.18. The molecular weight excluding hydrogens is 226 g/mol. The third kappa shape index (κ3) is 3.23. The van der Waals surface area contributed by atoms with Gasteiger partial charge >= 0.3 is 0 Å². The number of hydrogen-bond acceptors (Lipinski definition) is 3. The van der Waals surface area contributed by atoms with Gasteiger partial charge in [-0.25, -0.2) is 0 Å². The SMILES string of the molecule is O=C(NC1CCN(CC2CC2)CC1)[C@@H]1CCCN1. The fourth-order valence-electron chi connectivity index (χ4n) is 3.14. The van der Waals surface area contributed by atoms with Crippen molar-refractivity contribution in [3.63, 3.8) is 0 Å². The van der Waals surface area contributed by atoms with Crippen molar-refractivity contribution in [3.8, 4) is 0 Å². The molecule has 102 valence electrons. The number of hydrogen-bond donors (Lipinski definition) is 2. The summed E-state index contributed by atoms with van der Waals surface area (Å²) >= 11 is 0. The predicted octanol–water partition coefficient (Wildman–Crippen LogP) is 0.729. The summed E-state index contributed by atoms with van der Waals surface area (Å²) in [6.07, 6.45) is 7.27. The maximum absolute atomic E-state index is 12.0. The Bertz CT molecular complexity index is 289. The Balaban J connectivity index is 1.37. The maximum Gasteiger partial charge on any atom is 0.237 e. The van der Waals surface area contributed by atoms with E-state index < -0.39 is 0 Å². The van der Waals surface area contributed by atoms with Gasteiger partial charge in [-0.05, 0) is 51.0 Å². The van der Waals surface area contributed by atoms with Crippen LogP contribution >= 0.6 is 0 Å². The van der Waals surface area contributed by atoms with E-state index in [4.69, 9.17) is 0 Å². The van der Waals surface area contributed by atoms with Gasteiger partial charge in [0.05, 0.1) is 6.04 Å². The highest BCUT2D eigenvalue weighted by Gasteiger charge is 2.29. The van der Waals surface area contributed by atoms with E-state index in [0.29, 0.717) is 6.04 Å². The lowest BCUT2D eigenvalue weighted by Gasteiger charge is -2.32. The summed E-state index contributed by atoms with van der Waals surface area (Å²) in [5, 5.41) is 6.49. The normalized spacial score (nSPS) is 30.6. The molecule has 1 amide bonds. The predicted molar refractivity (Wildman–Crippen MR) is 71.4 cm³/mol. The number of nitrogens with one attached hydrogen (secondary N) is 2. The average molecular weight is 251 g/mol. The van der Waals surface area contributed by atoms with Crippen LogP contribution in [0.15, 0.2) is 0 Å². The lowest BCUT2D eigenvalue weighted by atomic mass is 10.0. The van der Waals surface area contributed by atoms with Crippen LogP contribution in [0, 0.1) is 5.92 Å². The van der Waals surface area contributed by atoms with Crippen molar-refractivity contribution in [3.05, 3.63) is 0 Å². The Morgan fingerprint density at radius 1 is 1.17 bits per heavy atom. The van der Waals surface area contributed by atoms with Crippen LogP contribution < -0.4 is 10.6 Å². The first kappa shape index (κ1) is 12.4. The third-order valence-corrected chi connectivity index (χ3v) is 4.52. The van der Waals surface area contributed by atoms with Crippen LogP contribution in [0.2, 0.25) is 0 Å². The van der Waals surface area contributed by atoms with Gasteiger partial charge in [0, 0.05) is 25.7 Å². The summed E-state index contributed by atoms with van der Waals surface area (Å²) in [6, 6.07) is 0.491. The molecule has 2 N–H and O–H groups in total. The van der Waals surface area contributed by atoms with E-state index >= 15 is 0 Å². The fourth-order valence-corrected chi connectivity index (χ4v) is 3.14. The highest BCUT2D eigenvalue weighted by Crippen LogP contribution is 2.30. The first-order valence-corrected chi connectivity index (χ1v) is 7.57. The van der Waals surface area contributed by atoms with E-state index in [9.17, 15) is 4.79 Å². The number of piperidine rings is 1. The minimum absolute atomic E-state index is 0.0782. The lowest BCUT2D eigenvalue weighted by molar-refractivity contribution is -0.123. The topological polar surface area (TPSA) is 44.4 Å². The molecule has 0 spiro atoms. The molecule has 2 heterocycles. The van der Waals surface area contributed by atoms with E-state index in [0.717, 1.165) is 38.1 Å². The van der Waals surface area contributed by atoms with E-state index in [1.54, 1.807) is 0 Å². The van der Waals surface area contributed by atoms with Crippen molar-refractivity contribution in [2.45, 2.75) is 50.6 Å². The Morgan fingerprint density at radius 2 is 1.94 bits per heavy atom. The number of likely N-dealkylation sites (tertiary alicyclic amines) is 1. The molecule has 2 saturated heterocycles. The van der Waals surface area contributed by atoms with Crippen LogP contribution in [0.25, 0.3) is 0 Å². The van der Waals surface area contributed by atoms with Crippen LogP contribution in [0.4, 0.5) is 0 Å². The summed E-state index contributed by atoms with van der Waals surface area (Å²) in [7, 11) is 0. The van der Waals surface area contributed by atoms with Gasteiger partial charge < -0.3 is 15.5 Å². The van der Waals surface area contributed by atoms with E-state index in [1.165, 1.54) is 32.5 Å². The first-order chi connectivity index (χ1) is 8.81. The van der Waals surface area contributed by atoms with Gasteiger partial charge in [0.25, 0.3) is 0 Å². The molecular formula is C14H25N3O. The Kier molecular flexibility index (Phi) is 3.85. The minimum Gasteiger partial charge on any atom is -0.352 e. The second-order valence-corrected chi connectivity index (χ2v) is 6.18. The van der Waals surface area contributed by atoms with Gasteiger partial charge in [-0.3, -0.25) is 4.79 Å². The molecule has 0 radical (unpaired) electrons. The molecule has 1 atom stereocenters. The number of nitrogens with zero attached hydrogens (tertiary/aromatic N) is 1. The Morgan fingerprint density at radius 3 is 2.56 bits per heavy atom. The monoisotopic (exact) mass is 251 g/mol. The van der Waals surface area contributed by atoms with Gasteiger partial charge in [-0.15, -0.1) is 0 Å². The van der Waals surface area contributed by atoms with Gasteiger partial charge in [0.2, 0.25) is 5.91 Å². The van der Waals surface area contributed by atoms with Crippen LogP contribution in [0.1, 0.15) is 38.5 Å². The van der Waals surface area contributed by atoms with Crippen molar-refractivity contribution in [1.82, 2.24) is 15.5 Å². The molecule has 3 aliphatic rings. The number of carbonyl (C=O) groups is 1. The fraction of sp³-hybridized carbons (Fsp3) is 0.929. The molecule has 0 unspecified atom stereocenters. The van der Waals surface area contributed by atoms with Crippen molar-refractivity contribution in [2.75, 3.05) is 26.2 Å². The summed E-state index contributed by atoms with van der Waals surface area (Å²) in [5.74, 6) is 1.21. The Hall–Kier alpha value is -0.610. The molecule has 1 saturated carbocycles. The van der Waals surface area contributed by atoms with Gasteiger partial charge in [-0.2, -0.15) is 0 Å². The van der Waals surface area contributed by atoms with E-state index in [2.05, 4.69) is 15.5 Å².